The van der Waals surface area contributed by atoms with Crippen molar-refractivity contribution in [3.8, 4) is 11.5 Å². The molecule has 0 bridgehead atoms. The van der Waals surface area contributed by atoms with Gasteiger partial charge in [-0.05, 0) is 35.9 Å². The predicted octanol–water partition coefficient (Wildman–Crippen LogP) is 3.17. The van der Waals surface area contributed by atoms with Gasteiger partial charge in [0.2, 0.25) is 10.0 Å². The molecule has 0 heterocycles. The molecule has 6 N–H and O–H groups in total. The summed E-state index contributed by atoms with van der Waals surface area (Å²) in [5.41, 5.74) is 7.39. The first-order valence-electron chi connectivity index (χ1n) is 10.4. The molecule has 35 heavy (non-hydrogen) atoms. The molecular formula is C24H26N4O6S. The molecule has 0 fully saturated rings. The molecule has 1 unspecified atom stereocenters. The molecule has 0 saturated heterocycles. The third-order valence-electron chi connectivity index (χ3n) is 4.93. The lowest BCUT2D eigenvalue weighted by Gasteiger charge is -2.22. The van der Waals surface area contributed by atoms with Gasteiger partial charge in [-0.25, -0.2) is 13.2 Å². The van der Waals surface area contributed by atoms with E-state index in [4.69, 9.17) is 20.6 Å². The van der Waals surface area contributed by atoms with Crippen molar-refractivity contribution in [2.75, 3.05) is 23.4 Å². The van der Waals surface area contributed by atoms with E-state index in [1.165, 1.54) is 19.2 Å². The Bertz CT molecular complexity index is 1310. The fraction of sp³-hybridized carbons (Fsp3) is 0.167. The second kappa shape index (κ2) is 10.8. The highest BCUT2D eigenvalue weighted by atomic mass is 32.2. The summed E-state index contributed by atoms with van der Waals surface area (Å²) in [4.78, 5) is 12.2. The van der Waals surface area contributed by atoms with Crippen LogP contribution in [0.4, 0.5) is 11.4 Å². The first-order chi connectivity index (χ1) is 16.6. The van der Waals surface area contributed by atoms with Crippen LogP contribution in [0.25, 0.3) is 0 Å². The van der Waals surface area contributed by atoms with Gasteiger partial charge in [0.1, 0.15) is 12.4 Å². The molecule has 11 heteroatoms. The number of carboxylic acid groups (broad SMARTS) is 1. The van der Waals surface area contributed by atoms with Crippen molar-refractivity contribution in [2.24, 2.45) is 5.73 Å². The summed E-state index contributed by atoms with van der Waals surface area (Å²) in [5.74, 6) is -0.907. The van der Waals surface area contributed by atoms with Gasteiger partial charge in [0, 0.05) is 22.9 Å². The number of carboxylic acids is 1. The van der Waals surface area contributed by atoms with Crippen molar-refractivity contribution < 1.29 is 27.8 Å². The highest BCUT2D eigenvalue weighted by Crippen LogP contribution is 2.38. The summed E-state index contributed by atoms with van der Waals surface area (Å²) < 4.78 is 37.8. The molecule has 0 aliphatic carbocycles. The maximum Gasteiger partial charge on any atom is 0.330 e. The fourth-order valence-electron chi connectivity index (χ4n) is 3.30. The first kappa shape index (κ1) is 25.4. The number of nitrogens with two attached hydrogens (primary N) is 1. The van der Waals surface area contributed by atoms with Gasteiger partial charge in [0.25, 0.3) is 0 Å². The molecule has 1 atom stereocenters. The molecule has 0 saturated carbocycles. The Kier molecular flexibility index (Phi) is 7.82. The zero-order valence-electron chi connectivity index (χ0n) is 19.1. The lowest BCUT2D eigenvalue weighted by atomic mass is 10.0. The summed E-state index contributed by atoms with van der Waals surface area (Å²) in [6.07, 6.45) is 0.967. The number of nitrogens with one attached hydrogen (secondary N) is 3. The number of rotatable bonds is 11. The highest BCUT2D eigenvalue weighted by molar-refractivity contribution is 7.92. The minimum Gasteiger partial charge on any atom is -0.493 e. The highest BCUT2D eigenvalue weighted by Gasteiger charge is 2.26. The van der Waals surface area contributed by atoms with E-state index in [1.807, 2.05) is 30.3 Å². The number of nitrogen functional groups attached to an aromatic ring is 1. The second-order valence-corrected chi connectivity index (χ2v) is 9.39. The van der Waals surface area contributed by atoms with Crippen LogP contribution < -0.4 is 25.2 Å². The SMILES string of the molecule is COc1cc(C(Nc2ccc(C(=N)N)cc2)C(=O)O)c(NS(C)(=O)=O)cc1OCc1ccccc1. The molecule has 0 aliphatic heterocycles. The first-order valence-corrected chi connectivity index (χ1v) is 12.3. The number of hydrogen-bond donors (Lipinski definition) is 5. The Balaban J connectivity index is 2.02. The Labute approximate surface area is 203 Å². The Morgan fingerprint density at radius 3 is 2.29 bits per heavy atom. The van der Waals surface area contributed by atoms with Crippen LogP contribution in [0.5, 0.6) is 11.5 Å². The van der Waals surface area contributed by atoms with Crippen LogP contribution in [0.15, 0.2) is 66.7 Å². The van der Waals surface area contributed by atoms with Crippen molar-refractivity contribution >= 4 is 33.2 Å². The Morgan fingerprint density at radius 1 is 1.09 bits per heavy atom. The molecule has 3 aromatic rings. The molecule has 10 nitrogen and oxygen atoms in total. The third-order valence-corrected chi connectivity index (χ3v) is 5.52. The van der Waals surface area contributed by atoms with Gasteiger partial charge in [-0.2, -0.15) is 0 Å². The van der Waals surface area contributed by atoms with Crippen LogP contribution in [0.3, 0.4) is 0 Å². The van der Waals surface area contributed by atoms with E-state index in [1.54, 1.807) is 24.3 Å². The smallest absolute Gasteiger partial charge is 0.330 e. The van der Waals surface area contributed by atoms with E-state index >= 15 is 0 Å². The van der Waals surface area contributed by atoms with Gasteiger partial charge in [0.05, 0.1) is 19.1 Å². The van der Waals surface area contributed by atoms with Gasteiger partial charge in [-0.15, -0.1) is 0 Å². The fourth-order valence-corrected chi connectivity index (χ4v) is 3.87. The molecule has 0 aromatic heterocycles. The zero-order chi connectivity index (χ0) is 25.6. The topological polar surface area (TPSA) is 164 Å². The molecule has 0 aliphatic rings. The minimum atomic E-state index is -3.75. The van der Waals surface area contributed by atoms with E-state index in [0.29, 0.717) is 11.3 Å². The van der Waals surface area contributed by atoms with E-state index in [2.05, 4.69) is 10.0 Å². The van der Waals surface area contributed by atoms with Gasteiger partial charge in [-0.3, -0.25) is 10.1 Å². The number of amidine groups is 1. The van der Waals surface area contributed by atoms with E-state index in [-0.39, 0.29) is 35.2 Å². The predicted molar refractivity (Wildman–Crippen MR) is 134 cm³/mol. The minimum absolute atomic E-state index is 0.0246. The van der Waals surface area contributed by atoms with Gasteiger partial charge >= 0.3 is 5.97 Å². The van der Waals surface area contributed by atoms with Crippen LogP contribution >= 0.6 is 0 Å². The average Bonchev–Trinajstić information content (AvgIpc) is 2.81. The van der Waals surface area contributed by atoms with E-state index in [9.17, 15) is 18.3 Å². The number of benzene rings is 3. The number of anilines is 2. The van der Waals surface area contributed by atoms with Crippen molar-refractivity contribution in [2.45, 2.75) is 12.6 Å². The number of aliphatic carboxylic acids is 1. The third kappa shape index (κ3) is 6.87. The number of methoxy groups -OCH3 is 1. The molecule has 0 amide bonds. The van der Waals surface area contributed by atoms with Crippen LogP contribution in [-0.2, 0) is 21.4 Å². The summed E-state index contributed by atoms with van der Waals surface area (Å²) in [7, 11) is -2.35. The van der Waals surface area contributed by atoms with Crippen LogP contribution in [0, 0.1) is 5.41 Å². The summed E-state index contributed by atoms with van der Waals surface area (Å²) in [6.45, 7) is 0.192. The van der Waals surface area contributed by atoms with Crippen molar-refractivity contribution in [3.63, 3.8) is 0 Å². The molecule has 3 rings (SSSR count). The molecule has 184 valence electrons. The maximum atomic E-state index is 12.2. The standard InChI is InChI=1S/C24H26N4O6S/c1-33-20-12-18(22(24(29)30)27-17-10-8-16(9-11-17)23(25)26)19(28-35(2,31)32)13-21(20)34-14-15-6-4-3-5-7-15/h3-13,22,27-28H,14H2,1-2H3,(H3,25,26)(H,29,30). The largest absolute Gasteiger partial charge is 0.493 e. The zero-order valence-corrected chi connectivity index (χ0v) is 19.9. The summed E-state index contributed by atoms with van der Waals surface area (Å²) in [6, 6.07) is 17.1. The number of ether oxygens (including phenoxy) is 2. The quantitative estimate of drug-likeness (QED) is 0.199. The average molecular weight is 499 g/mol. The lowest BCUT2D eigenvalue weighted by Crippen LogP contribution is -2.23. The molecule has 0 radical (unpaired) electrons. The number of hydrogen-bond acceptors (Lipinski definition) is 7. The van der Waals surface area contributed by atoms with Crippen molar-refractivity contribution in [3.05, 3.63) is 83.4 Å². The number of carbonyl (C=O) groups is 1. The Hall–Kier alpha value is -4.25. The van der Waals surface area contributed by atoms with E-state index in [0.717, 1.165) is 11.8 Å². The van der Waals surface area contributed by atoms with Gasteiger partial charge in [-0.1, -0.05) is 30.3 Å². The van der Waals surface area contributed by atoms with Gasteiger partial charge in [0.15, 0.2) is 17.5 Å². The number of sulfonamides is 1. The summed E-state index contributed by atoms with van der Waals surface area (Å²) in [5, 5.41) is 20.3. The van der Waals surface area contributed by atoms with Crippen LogP contribution in [0.1, 0.15) is 22.7 Å². The van der Waals surface area contributed by atoms with E-state index < -0.39 is 22.0 Å². The monoisotopic (exact) mass is 498 g/mol. The van der Waals surface area contributed by atoms with Crippen molar-refractivity contribution in [1.82, 2.24) is 0 Å². The maximum absolute atomic E-state index is 12.2. The summed E-state index contributed by atoms with van der Waals surface area (Å²) >= 11 is 0. The van der Waals surface area contributed by atoms with Crippen LogP contribution in [0.2, 0.25) is 0 Å². The molecule has 3 aromatic carbocycles. The van der Waals surface area contributed by atoms with Gasteiger partial charge < -0.3 is 25.6 Å². The lowest BCUT2D eigenvalue weighted by molar-refractivity contribution is -0.138. The van der Waals surface area contributed by atoms with Crippen LogP contribution in [-0.4, -0.2) is 38.7 Å². The molecular weight excluding hydrogens is 472 g/mol. The molecule has 0 spiro atoms. The second-order valence-electron chi connectivity index (χ2n) is 7.65. The normalized spacial score (nSPS) is 11.8. The van der Waals surface area contributed by atoms with Crippen molar-refractivity contribution in [1.29, 1.82) is 5.41 Å². The Morgan fingerprint density at radius 2 is 1.74 bits per heavy atom.